The number of carbonyl (C=O) groups is 2. The first-order valence-electron chi connectivity index (χ1n) is 6.45. The van der Waals surface area contributed by atoms with Crippen LogP contribution in [0.2, 0.25) is 0 Å². The van der Waals surface area contributed by atoms with E-state index in [0.29, 0.717) is 5.69 Å². The molecule has 0 spiro atoms. The third kappa shape index (κ3) is 4.33. The number of benzene rings is 2. The summed E-state index contributed by atoms with van der Waals surface area (Å²) in [5.74, 6) is -1.16. The molecule has 6 heteroatoms. The number of hydrogen-bond acceptors (Lipinski definition) is 4. The molecule has 0 unspecified atom stereocenters. The van der Waals surface area contributed by atoms with Crippen molar-refractivity contribution in [3.8, 4) is 0 Å². The molecule has 0 radical (unpaired) electrons. The summed E-state index contributed by atoms with van der Waals surface area (Å²) in [7, 11) is 1.34. The molecular formula is C16H14FNO3S. The lowest BCUT2D eigenvalue weighted by molar-refractivity contribution is -0.137. The van der Waals surface area contributed by atoms with Crippen molar-refractivity contribution >= 4 is 29.3 Å². The molecule has 2 aromatic carbocycles. The van der Waals surface area contributed by atoms with Gasteiger partial charge in [0.15, 0.2) is 0 Å². The summed E-state index contributed by atoms with van der Waals surface area (Å²) in [4.78, 5) is 23.9. The average molecular weight is 319 g/mol. The SMILES string of the molecule is COC(=O)CSc1ccc(NC(=O)c2ccccc2F)cc1. The van der Waals surface area contributed by atoms with E-state index in [0.717, 1.165) is 4.90 Å². The molecule has 1 amide bonds. The number of carbonyl (C=O) groups excluding carboxylic acids is 2. The Morgan fingerprint density at radius 3 is 2.45 bits per heavy atom. The summed E-state index contributed by atoms with van der Waals surface area (Å²) in [6.45, 7) is 0. The van der Waals surface area contributed by atoms with Crippen LogP contribution in [0.4, 0.5) is 10.1 Å². The number of thioether (sulfide) groups is 1. The number of anilines is 1. The van der Waals surface area contributed by atoms with Gasteiger partial charge in [-0.1, -0.05) is 12.1 Å². The molecule has 1 N–H and O–H groups in total. The first-order valence-corrected chi connectivity index (χ1v) is 7.44. The van der Waals surface area contributed by atoms with Gasteiger partial charge in [-0.05, 0) is 36.4 Å². The number of ether oxygens (including phenoxy) is 1. The van der Waals surface area contributed by atoms with Crippen molar-refractivity contribution in [2.75, 3.05) is 18.2 Å². The fourth-order valence-corrected chi connectivity index (χ4v) is 2.41. The second kappa shape index (κ2) is 7.61. The highest BCUT2D eigenvalue weighted by Gasteiger charge is 2.10. The van der Waals surface area contributed by atoms with Gasteiger partial charge >= 0.3 is 5.97 Å². The van der Waals surface area contributed by atoms with Gasteiger partial charge in [0, 0.05) is 10.6 Å². The number of methoxy groups -OCH3 is 1. The minimum atomic E-state index is -0.565. The molecular weight excluding hydrogens is 305 g/mol. The Morgan fingerprint density at radius 2 is 1.82 bits per heavy atom. The maximum Gasteiger partial charge on any atom is 0.315 e. The van der Waals surface area contributed by atoms with Crippen LogP contribution in [0.25, 0.3) is 0 Å². The van der Waals surface area contributed by atoms with Crippen molar-refractivity contribution in [2.45, 2.75) is 4.90 Å². The predicted molar refractivity (Wildman–Crippen MR) is 83.5 cm³/mol. The van der Waals surface area contributed by atoms with Gasteiger partial charge < -0.3 is 10.1 Å². The van der Waals surface area contributed by atoms with Crippen molar-refractivity contribution in [1.82, 2.24) is 0 Å². The normalized spacial score (nSPS) is 10.1. The largest absolute Gasteiger partial charge is 0.468 e. The highest BCUT2D eigenvalue weighted by molar-refractivity contribution is 8.00. The third-order valence-corrected chi connectivity index (χ3v) is 3.80. The number of amides is 1. The van der Waals surface area contributed by atoms with E-state index < -0.39 is 11.7 Å². The highest BCUT2D eigenvalue weighted by atomic mass is 32.2. The molecule has 0 aromatic heterocycles. The lowest BCUT2D eigenvalue weighted by Gasteiger charge is -2.07. The Bertz CT molecular complexity index is 673. The second-order valence-electron chi connectivity index (χ2n) is 4.32. The van der Waals surface area contributed by atoms with Crippen molar-refractivity contribution in [3.05, 3.63) is 59.9 Å². The number of nitrogens with one attached hydrogen (secondary N) is 1. The summed E-state index contributed by atoms with van der Waals surface area (Å²) < 4.78 is 18.1. The lowest BCUT2D eigenvalue weighted by atomic mass is 10.2. The van der Waals surface area contributed by atoms with E-state index in [4.69, 9.17) is 0 Å². The molecule has 0 fully saturated rings. The molecule has 0 aliphatic carbocycles. The van der Waals surface area contributed by atoms with Crippen LogP contribution in [0.3, 0.4) is 0 Å². The molecule has 2 aromatic rings. The van der Waals surface area contributed by atoms with Gasteiger partial charge in [0.25, 0.3) is 5.91 Å². The summed E-state index contributed by atoms with van der Waals surface area (Å²) >= 11 is 1.33. The maximum atomic E-state index is 13.5. The van der Waals surface area contributed by atoms with Gasteiger partial charge in [-0.15, -0.1) is 11.8 Å². The number of hydrogen-bond donors (Lipinski definition) is 1. The fourth-order valence-electron chi connectivity index (χ4n) is 1.68. The molecule has 0 aliphatic rings. The van der Waals surface area contributed by atoms with Crippen LogP contribution in [-0.2, 0) is 9.53 Å². The van der Waals surface area contributed by atoms with E-state index in [2.05, 4.69) is 10.1 Å². The molecule has 0 aliphatic heterocycles. The summed E-state index contributed by atoms with van der Waals surface area (Å²) in [5, 5.41) is 2.62. The Labute approximate surface area is 131 Å². The number of rotatable bonds is 5. The summed E-state index contributed by atoms with van der Waals surface area (Å²) in [6, 6.07) is 12.7. The van der Waals surface area contributed by atoms with Crippen LogP contribution >= 0.6 is 11.8 Å². The van der Waals surface area contributed by atoms with Crippen molar-refractivity contribution in [1.29, 1.82) is 0 Å². The molecule has 2 rings (SSSR count). The van der Waals surface area contributed by atoms with Gasteiger partial charge in [0.05, 0.1) is 18.4 Å². The van der Waals surface area contributed by atoms with E-state index in [9.17, 15) is 14.0 Å². The number of esters is 1. The van der Waals surface area contributed by atoms with Crippen molar-refractivity contribution in [2.24, 2.45) is 0 Å². The maximum absolute atomic E-state index is 13.5. The minimum absolute atomic E-state index is 0.00774. The van der Waals surface area contributed by atoms with Gasteiger partial charge in [0.2, 0.25) is 0 Å². The Kier molecular flexibility index (Phi) is 5.55. The van der Waals surface area contributed by atoms with Crippen molar-refractivity contribution < 1.29 is 18.7 Å². The van der Waals surface area contributed by atoms with Gasteiger partial charge in [-0.2, -0.15) is 0 Å². The molecule has 0 bridgehead atoms. The zero-order valence-electron chi connectivity index (χ0n) is 11.8. The smallest absolute Gasteiger partial charge is 0.315 e. The second-order valence-corrected chi connectivity index (χ2v) is 5.37. The van der Waals surface area contributed by atoms with Crippen LogP contribution in [0.5, 0.6) is 0 Å². The molecule has 22 heavy (non-hydrogen) atoms. The van der Waals surface area contributed by atoms with E-state index >= 15 is 0 Å². The standard InChI is InChI=1S/C16H14FNO3S/c1-21-15(19)10-22-12-8-6-11(7-9-12)18-16(20)13-4-2-3-5-14(13)17/h2-9H,10H2,1H3,(H,18,20). The van der Waals surface area contributed by atoms with Crippen LogP contribution in [0.1, 0.15) is 10.4 Å². The monoisotopic (exact) mass is 319 g/mol. The average Bonchev–Trinajstić information content (AvgIpc) is 2.54. The van der Waals surface area contributed by atoms with E-state index in [1.54, 1.807) is 30.3 Å². The molecule has 0 heterocycles. The van der Waals surface area contributed by atoms with Crippen LogP contribution in [-0.4, -0.2) is 24.7 Å². The molecule has 0 saturated heterocycles. The van der Waals surface area contributed by atoms with E-state index in [1.165, 1.54) is 37.1 Å². The topological polar surface area (TPSA) is 55.4 Å². The van der Waals surface area contributed by atoms with E-state index in [-0.39, 0.29) is 17.3 Å². The van der Waals surface area contributed by atoms with E-state index in [1.807, 2.05) is 0 Å². The lowest BCUT2D eigenvalue weighted by Crippen LogP contribution is -2.13. The van der Waals surface area contributed by atoms with Gasteiger partial charge in [-0.25, -0.2) is 4.39 Å². The zero-order chi connectivity index (χ0) is 15.9. The van der Waals surface area contributed by atoms with Crippen molar-refractivity contribution in [3.63, 3.8) is 0 Å². The summed E-state index contributed by atoms with van der Waals surface area (Å²) in [6.07, 6.45) is 0. The van der Waals surface area contributed by atoms with Crippen LogP contribution in [0, 0.1) is 5.82 Å². The zero-order valence-corrected chi connectivity index (χ0v) is 12.7. The Morgan fingerprint density at radius 1 is 1.14 bits per heavy atom. The molecule has 0 atom stereocenters. The van der Waals surface area contributed by atoms with Crippen LogP contribution < -0.4 is 5.32 Å². The summed E-state index contributed by atoms with van der Waals surface area (Å²) in [5.41, 5.74) is 0.544. The highest BCUT2D eigenvalue weighted by Crippen LogP contribution is 2.21. The first-order chi connectivity index (χ1) is 10.6. The third-order valence-electron chi connectivity index (χ3n) is 2.82. The number of halogens is 1. The van der Waals surface area contributed by atoms with Gasteiger partial charge in [0.1, 0.15) is 5.82 Å². The fraction of sp³-hybridized carbons (Fsp3) is 0.125. The molecule has 114 valence electrons. The van der Waals surface area contributed by atoms with Gasteiger partial charge in [-0.3, -0.25) is 9.59 Å². The molecule has 0 saturated carbocycles. The Hall–Kier alpha value is -2.34. The minimum Gasteiger partial charge on any atom is -0.468 e. The quantitative estimate of drug-likeness (QED) is 0.678. The first kappa shape index (κ1) is 16.0. The predicted octanol–water partition coefficient (Wildman–Crippen LogP) is 3.34. The molecule has 4 nitrogen and oxygen atoms in total. The Balaban J connectivity index is 1.98. The van der Waals surface area contributed by atoms with Crippen LogP contribution in [0.15, 0.2) is 53.4 Å².